The van der Waals surface area contributed by atoms with Gasteiger partial charge in [-0.05, 0) is 31.5 Å². The minimum absolute atomic E-state index is 0.0328. The minimum Gasteiger partial charge on any atom is -0.352 e. The highest BCUT2D eigenvalue weighted by Crippen LogP contribution is 2.16. The largest absolute Gasteiger partial charge is 0.352 e. The predicted molar refractivity (Wildman–Crippen MR) is 65.9 cm³/mol. The van der Waals surface area contributed by atoms with Crippen molar-refractivity contribution in [3.63, 3.8) is 0 Å². The fourth-order valence-corrected chi connectivity index (χ4v) is 1.77. The summed E-state index contributed by atoms with van der Waals surface area (Å²) in [7, 11) is 0. The molecule has 1 aromatic carbocycles. The molecule has 17 heavy (non-hydrogen) atoms. The standard InChI is InChI=1S/C13H15N3O/c1-10(15-9-17)12-3-5-13(6-4-12)16-8-7-14-11(16)2/h3-10H,1-2H3,(H,15,17)/t10-/m0/s1. The predicted octanol–water partition coefficient (Wildman–Crippen LogP) is 1.99. The monoisotopic (exact) mass is 229 g/mol. The molecule has 1 heterocycles. The van der Waals surface area contributed by atoms with Gasteiger partial charge in [-0.1, -0.05) is 12.1 Å². The van der Waals surface area contributed by atoms with E-state index in [4.69, 9.17) is 0 Å². The Labute approximate surface area is 100 Å². The van der Waals surface area contributed by atoms with E-state index in [-0.39, 0.29) is 6.04 Å². The lowest BCUT2D eigenvalue weighted by Crippen LogP contribution is -2.15. The Bertz CT molecular complexity index is 502. The van der Waals surface area contributed by atoms with Gasteiger partial charge >= 0.3 is 0 Å². The van der Waals surface area contributed by atoms with Crippen molar-refractivity contribution in [2.75, 3.05) is 0 Å². The summed E-state index contributed by atoms with van der Waals surface area (Å²) in [4.78, 5) is 14.5. The van der Waals surface area contributed by atoms with E-state index in [0.717, 1.165) is 23.5 Å². The summed E-state index contributed by atoms with van der Waals surface area (Å²) in [6.45, 7) is 3.91. The molecule has 0 fully saturated rings. The van der Waals surface area contributed by atoms with Crippen LogP contribution in [-0.4, -0.2) is 16.0 Å². The fourth-order valence-electron chi connectivity index (χ4n) is 1.77. The van der Waals surface area contributed by atoms with Gasteiger partial charge in [0.2, 0.25) is 6.41 Å². The van der Waals surface area contributed by atoms with Crippen molar-refractivity contribution < 1.29 is 4.79 Å². The topological polar surface area (TPSA) is 46.9 Å². The Hall–Kier alpha value is -2.10. The van der Waals surface area contributed by atoms with Gasteiger partial charge in [-0.25, -0.2) is 4.98 Å². The lowest BCUT2D eigenvalue weighted by Gasteiger charge is -2.11. The molecular weight excluding hydrogens is 214 g/mol. The number of amides is 1. The van der Waals surface area contributed by atoms with Gasteiger partial charge in [-0.3, -0.25) is 4.79 Å². The molecule has 0 saturated heterocycles. The number of nitrogens with zero attached hydrogens (tertiary/aromatic N) is 2. The molecule has 0 spiro atoms. The number of carbonyl (C=O) groups is 1. The highest BCUT2D eigenvalue weighted by Gasteiger charge is 2.04. The second-order valence-electron chi connectivity index (χ2n) is 3.94. The molecule has 0 radical (unpaired) electrons. The van der Waals surface area contributed by atoms with Gasteiger partial charge in [0.05, 0.1) is 6.04 Å². The van der Waals surface area contributed by atoms with Gasteiger partial charge in [0.25, 0.3) is 0 Å². The first-order valence-corrected chi connectivity index (χ1v) is 5.52. The van der Waals surface area contributed by atoms with Crippen LogP contribution in [0.4, 0.5) is 0 Å². The van der Waals surface area contributed by atoms with Crippen molar-refractivity contribution in [2.45, 2.75) is 19.9 Å². The number of carbonyl (C=O) groups excluding carboxylic acids is 1. The van der Waals surface area contributed by atoms with Crippen LogP contribution in [0.25, 0.3) is 5.69 Å². The summed E-state index contributed by atoms with van der Waals surface area (Å²) in [6.07, 6.45) is 4.43. The van der Waals surface area contributed by atoms with E-state index in [1.54, 1.807) is 6.20 Å². The number of benzene rings is 1. The number of imidazole rings is 1. The van der Waals surface area contributed by atoms with Gasteiger partial charge in [0.15, 0.2) is 0 Å². The zero-order valence-corrected chi connectivity index (χ0v) is 9.92. The van der Waals surface area contributed by atoms with Crippen LogP contribution in [-0.2, 0) is 4.79 Å². The molecular formula is C13H15N3O. The molecule has 0 aliphatic rings. The molecule has 1 atom stereocenters. The molecule has 1 N–H and O–H groups in total. The van der Waals surface area contributed by atoms with E-state index in [2.05, 4.69) is 10.3 Å². The summed E-state index contributed by atoms with van der Waals surface area (Å²) in [6, 6.07) is 8.09. The molecule has 88 valence electrons. The first kappa shape index (κ1) is 11.4. The van der Waals surface area contributed by atoms with Crippen LogP contribution in [0.3, 0.4) is 0 Å². The highest BCUT2D eigenvalue weighted by molar-refractivity contribution is 5.48. The zero-order valence-electron chi connectivity index (χ0n) is 9.92. The van der Waals surface area contributed by atoms with Crippen LogP contribution in [0.15, 0.2) is 36.7 Å². The first-order chi connectivity index (χ1) is 8.22. The number of aryl methyl sites for hydroxylation is 1. The van der Waals surface area contributed by atoms with E-state index < -0.39 is 0 Å². The van der Waals surface area contributed by atoms with E-state index in [0.29, 0.717) is 0 Å². The molecule has 0 unspecified atom stereocenters. The van der Waals surface area contributed by atoms with Gasteiger partial charge in [0, 0.05) is 18.1 Å². The number of hydrogen-bond acceptors (Lipinski definition) is 2. The Kier molecular flexibility index (Phi) is 3.23. The maximum atomic E-state index is 10.4. The van der Waals surface area contributed by atoms with E-state index >= 15 is 0 Å². The summed E-state index contributed by atoms with van der Waals surface area (Å²) >= 11 is 0. The van der Waals surface area contributed by atoms with Crippen LogP contribution < -0.4 is 5.32 Å². The Balaban J connectivity index is 2.24. The summed E-state index contributed by atoms with van der Waals surface area (Å²) in [5.41, 5.74) is 2.15. The van der Waals surface area contributed by atoms with Gasteiger partial charge < -0.3 is 9.88 Å². The third kappa shape index (κ3) is 2.36. The normalized spacial score (nSPS) is 12.1. The molecule has 0 aliphatic heterocycles. The van der Waals surface area contributed by atoms with Crippen LogP contribution >= 0.6 is 0 Å². The molecule has 0 aliphatic carbocycles. The van der Waals surface area contributed by atoms with Crippen LogP contribution in [0.1, 0.15) is 24.4 Å². The van der Waals surface area contributed by atoms with Crippen molar-refractivity contribution in [1.82, 2.24) is 14.9 Å². The van der Waals surface area contributed by atoms with Crippen molar-refractivity contribution >= 4 is 6.41 Å². The summed E-state index contributed by atoms with van der Waals surface area (Å²) in [5, 5.41) is 2.73. The molecule has 0 saturated carbocycles. The van der Waals surface area contributed by atoms with Gasteiger partial charge in [0.1, 0.15) is 5.82 Å². The maximum absolute atomic E-state index is 10.4. The molecule has 2 aromatic rings. The lowest BCUT2D eigenvalue weighted by molar-refractivity contribution is -0.110. The number of aromatic nitrogens is 2. The van der Waals surface area contributed by atoms with Crippen molar-refractivity contribution in [1.29, 1.82) is 0 Å². The van der Waals surface area contributed by atoms with Gasteiger partial charge in [-0.15, -0.1) is 0 Å². The first-order valence-electron chi connectivity index (χ1n) is 5.52. The maximum Gasteiger partial charge on any atom is 0.207 e. The fraction of sp³-hybridized carbons (Fsp3) is 0.231. The average molecular weight is 229 g/mol. The number of nitrogens with one attached hydrogen (secondary N) is 1. The molecule has 0 bridgehead atoms. The van der Waals surface area contributed by atoms with E-state index in [1.165, 1.54) is 0 Å². The quantitative estimate of drug-likeness (QED) is 0.815. The molecule has 1 amide bonds. The molecule has 4 nitrogen and oxygen atoms in total. The number of rotatable bonds is 4. The smallest absolute Gasteiger partial charge is 0.207 e. The third-order valence-corrected chi connectivity index (χ3v) is 2.82. The van der Waals surface area contributed by atoms with Crippen LogP contribution in [0.2, 0.25) is 0 Å². The summed E-state index contributed by atoms with van der Waals surface area (Å²) in [5.74, 6) is 0.955. The van der Waals surface area contributed by atoms with Crippen LogP contribution in [0.5, 0.6) is 0 Å². The lowest BCUT2D eigenvalue weighted by atomic mass is 10.1. The second kappa shape index (κ2) is 4.82. The number of hydrogen-bond donors (Lipinski definition) is 1. The second-order valence-corrected chi connectivity index (χ2v) is 3.94. The van der Waals surface area contributed by atoms with Crippen LogP contribution in [0, 0.1) is 6.92 Å². The SMILES string of the molecule is Cc1nccn1-c1ccc([C@H](C)NC=O)cc1. The summed E-state index contributed by atoms with van der Waals surface area (Å²) < 4.78 is 2.02. The van der Waals surface area contributed by atoms with Crippen molar-refractivity contribution in [2.24, 2.45) is 0 Å². The Morgan fingerprint density at radius 3 is 2.59 bits per heavy atom. The Morgan fingerprint density at radius 2 is 2.06 bits per heavy atom. The van der Waals surface area contributed by atoms with E-state index in [9.17, 15) is 4.79 Å². The van der Waals surface area contributed by atoms with Gasteiger partial charge in [-0.2, -0.15) is 0 Å². The molecule has 2 rings (SSSR count). The minimum atomic E-state index is 0.0328. The zero-order chi connectivity index (χ0) is 12.3. The highest BCUT2D eigenvalue weighted by atomic mass is 16.1. The van der Waals surface area contributed by atoms with Crippen molar-refractivity contribution in [3.05, 3.63) is 48.0 Å². The van der Waals surface area contributed by atoms with Crippen molar-refractivity contribution in [3.8, 4) is 5.69 Å². The Morgan fingerprint density at radius 1 is 1.35 bits per heavy atom. The third-order valence-electron chi connectivity index (χ3n) is 2.82. The molecule has 1 aromatic heterocycles. The average Bonchev–Trinajstić information content (AvgIpc) is 2.76. The van der Waals surface area contributed by atoms with E-state index in [1.807, 2.05) is 48.9 Å². The molecule has 4 heteroatoms.